The van der Waals surface area contributed by atoms with Crippen LogP contribution in [0.3, 0.4) is 0 Å². The van der Waals surface area contributed by atoms with Crippen LogP contribution in [-0.4, -0.2) is 23.5 Å². The molecule has 1 aromatic carbocycles. The predicted octanol–water partition coefficient (Wildman–Crippen LogP) is 0.959. The average Bonchev–Trinajstić information content (AvgIpc) is 2.23. The van der Waals surface area contributed by atoms with Crippen molar-refractivity contribution in [2.24, 2.45) is 5.10 Å². The Morgan fingerprint density at radius 3 is 3.00 bits per heavy atom. The van der Waals surface area contributed by atoms with Gasteiger partial charge < -0.3 is 10.4 Å². The summed E-state index contributed by atoms with van der Waals surface area (Å²) in [6, 6.07) is 3.59. The first kappa shape index (κ1) is 11.4. The number of hydrazone groups is 1. The highest BCUT2D eigenvalue weighted by atomic mass is 32.1. The first-order valence-corrected chi connectivity index (χ1v) is 4.53. The van der Waals surface area contributed by atoms with Gasteiger partial charge in [0.2, 0.25) is 0 Å². The van der Waals surface area contributed by atoms with Gasteiger partial charge in [0.15, 0.2) is 5.11 Å². The molecule has 0 heterocycles. The molecule has 0 aromatic heterocycles. The average molecular weight is 227 g/mol. The first-order valence-electron chi connectivity index (χ1n) is 4.13. The summed E-state index contributed by atoms with van der Waals surface area (Å²) in [5.41, 5.74) is 2.76. The van der Waals surface area contributed by atoms with Gasteiger partial charge in [-0.05, 0) is 30.4 Å². The van der Waals surface area contributed by atoms with Crippen LogP contribution in [0, 0.1) is 5.82 Å². The second kappa shape index (κ2) is 5.26. The molecule has 0 unspecified atom stereocenters. The fraction of sp³-hybridized carbons (Fsp3) is 0.111. The SMILES string of the molecule is CNC(=S)NN=Cc1cc(F)ccc1O. The Hall–Kier alpha value is -1.69. The Labute approximate surface area is 91.8 Å². The molecule has 0 fully saturated rings. The second-order valence-corrected chi connectivity index (χ2v) is 3.06. The zero-order valence-corrected chi connectivity index (χ0v) is 8.81. The summed E-state index contributed by atoms with van der Waals surface area (Å²) in [6.07, 6.45) is 1.28. The standard InChI is InChI=1S/C9H10FN3OS/c1-11-9(15)13-12-5-6-4-7(10)2-3-8(6)14/h2-5,14H,1H3,(H2,11,13,15). The van der Waals surface area contributed by atoms with Gasteiger partial charge in [-0.3, -0.25) is 5.43 Å². The molecule has 3 N–H and O–H groups in total. The van der Waals surface area contributed by atoms with E-state index in [2.05, 4.69) is 15.8 Å². The van der Waals surface area contributed by atoms with Gasteiger partial charge in [0.05, 0.1) is 6.21 Å². The van der Waals surface area contributed by atoms with Gasteiger partial charge in [-0.1, -0.05) is 0 Å². The molecule has 6 heteroatoms. The van der Waals surface area contributed by atoms with Gasteiger partial charge in [0.25, 0.3) is 0 Å². The van der Waals surface area contributed by atoms with Crippen molar-refractivity contribution in [2.75, 3.05) is 7.05 Å². The number of nitrogens with zero attached hydrogens (tertiary/aromatic N) is 1. The van der Waals surface area contributed by atoms with Crippen LogP contribution in [0.5, 0.6) is 5.75 Å². The third-order valence-electron chi connectivity index (χ3n) is 1.59. The molecule has 0 bridgehead atoms. The monoisotopic (exact) mass is 227 g/mol. The molecule has 1 rings (SSSR count). The van der Waals surface area contributed by atoms with Gasteiger partial charge >= 0.3 is 0 Å². The van der Waals surface area contributed by atoms with E-state index < -0.39 is 5.82 Å². The van der Waals surface area contributed by atoms with E-state index in [1.807, 2.05) is 0 Å². The summed E-state index contributed by atoms with van der Waals surface area (Å²) in [6.45, 7) is 0. The zero-order chi connectivity index (χ0) is 11.3. The number of halogens is 1. The minimum absolute atomic E-state index is 0.0441. The smallest absolute Gasteiger partial charge is 0.186 e. The van der Waals surface area contributed by atoms with E-state index >= 15 is 0 Å². The number of benzene rings is 1. The fourth-order valence-corrected chi connectivity index (χ4v) is 0.898. The molecule has 15 heavy (non-hydrogen) atoms. The highest BCUT2D eigenvalue weighted by Crippen LogP contribution is 2.15. The van der Waals surface area contributed by atoms with E-state index in [4.69, 9.17) is 12.2 Å². The van der Waals surface area contributed by atoms with Gasteiger partial charge in [-0.25, -0.2) is 4.39 Å². The molecule has 0 saturated heterocycles. The van der Waals surface area contributed by atoms with Gasteiger partial charge in [-0.15, -0.1) is 0 Å². The quantitative estimate of drug-likeness (QED) is 0.400. The largest absolute Gasteiger partial charge is 0.507 e. The van der Waals surface area contributed by atoms with Crippen LogP contribution in [-0.2, 0) is 0 Å². The molecular formula is C9H10FN3OS. The molecule has 80 valence electrons. The van der Waals surface area contributed by atoms with Crippen LogP contribution in [0.1, 0.15) is 5.56 Å². The first-order chi connectivity index (χ1) is 7.13. The minimum Gasteiger partial charge on any atom is -0.507 e. The van der Waals surface area contributed by atoms with Crippen LogP contribution in [0.15, 0.2) is 23.3 Å². The lowest BCUT2D eigenvalue weighted by molar-refractivity contribution is 0.472. The van der Waals surface area contributed by atoms with Gasteiger partial charge in [0, 0.05) is 12.6 Å². The van der Waals surface area contributed by atoms with Crippen LogP contribution < -0.4 is 10.7 Å². The predicted molar refractivity (Wildman–Crippen MR) is 60.5 cm³/mol. The van der Waals surface area contributed by atoms with Crippen molar-refractivity contribution >= 4 is 23.5 Å². The lowest BCUT2D eigenvalue weighted by Crippen LogP contribution is -2.28. The fourth-order valence-electron chi connectivity index (χ4n) is 0.845. The van der Waals surface area contributed by atoms with E-state index in [0.717, 1.165) is 0 Å². The Kier molecular flexibility index (Phi) is 3.99. The van der Waals surface area contributed by atoms with E-state index in [0.29, 0.717) is 5.11 Å². The van der Waals surface area contributed by atoms with E-state index in [1.54, 1.807) is 7.05 Å². The summed E-state index contributed by atoms with van der Waals surface area (Å²) >= 11 is 4.76. The van der Waals surface area contributed by atoms with Crippen molar-refractivity contribution in [1.82, 2.24) is 10.7 Å². The molecule has 0 saturated carbocycles. The highest BCUT2D eigenvalue weighted by Gasteiger charge is 1.99. The molecular weight excluding hydrogens is 217 g/mol. The number of rotatable bonds is 2. The Bertz CT molecular complexity index is 395. The summed E-state index contributed by atoms with van der Waals surface area (Å²) in [4.78, 5) is 0. The number of nitrogens with one attached hydrogen (secondary N) is 2. The van der Waals surface area contributed by atoms with Gasteiger partial charge in [0.1, 0.15) is 11.6 Å². The van der Waals surface area contributed by atoms with Crippen LogP contribution in [0.4, 0.5) is 4.39 Å². The minimum atomic E-state index is -0.439. The lowest BCUT2D eigenvalue weighted by Gasteiger charge is -2.00. The maximum absolute atomic E-state index is 12.8. The number of hydrogen-bond acceptors (Lipinski definition) is 3. The third kappa shape index (κ3) is 3.51. The normalized spacial score (nSPS) is 10.3. The summed E-state index contributed by atoms with van der Waals surface area (Å²) < 4.78 is 12.8. The summed E-state index contributed by atoms with van der Waals surface area (Å²) in [5.74, 6) is -0.484. The molecule has 0 atom stereocenters. The number of phenolic OH excluding ortho intramolecular Hbond substituents is 1. The zero-order valence-electron chi connectivity index (χ0n) is 7.99. The van der Waals surface area contributed by atoms with Crippen molar-refractivity contribution in [3.63, 3.8) is 0 Å². The van der Waals surface area contributed by atoms with Crippen molar-refractivity contribution in [2.45, 2.75) is 0 Å². The molecule has 0 aliphatic carbocycles. The summed E-state index contributed by atoms with van der Waals surface area (Å²) in [5, 5.41) is 16.0. The van der Waals surface area contributed by atoms with Crippen LogP contribution in [0.2, 0.25) is 0 Å². The summed E-state index contributed by atoms with van der Waals surface area (Å²) in [7, 11) is 1.64. The maximum Gasteiger partial charge on any atom is 0.186 e. The Balaban J connectivity index is 2.71. The van der Waals surface area contributed by atoms with Crippen molar-refractivity contribution in [1.29, 1.82) is 0 Å². The van der Waals surface area contributed by atoms with E-state index in [-0.39, 0.29) is 11.3 Å². The van der Waals surface area contributed by atoms with E-state index in [1.165, 1.54) is 24.4 Å². The van der Waals surface area contributed by atoms with Crippen molar-refractivity contribution in [3.8, 4) is 5.75 Å². The third-order valence-corrected chi connectivity index (χ3v) is 1.88. The van der Waals surface area contributed by atoms with Crippen LogP contribution >= 0.6 is 12.2 Å². The highest BCUT2D eigenvalue weighted by molar-refractivity contribution is 7.80. The Morgan fingerprint density at radius 1 is 1.60 bits per heavy atom. The number of phenols is 1. The van der Waals surface area contributed by atoms with Crippen molar-refractivity contribution in [3.05, 3.63) is 29.6 Å². The molecule has 0 aliphatic heterocycles. The number of thiocarbonyl (C=S) groups is 1. The molecule has 0 spiro atoms. The molecule has 0 aliphatic rings. The van der Waals surface area contributed by atoms with Crippen molar-refractivity contribution < 1.29 is 9.50 Å². The lowest BCUT2D eigenvalue weighted by atomic mass is 10.2. The molecule has 4 nitrogen and oxygen atoms in total. The van der Waals surface area contributed by atoms with Crippen LogP contribution in [0.25, 0.3) is 0 Å². The topological polar surface area (TPSA) is 56.7 Å². The second-order valence-electron chi connectivity index (χ2n) is 2.65. The van der Waals surface area contributed by atoms with Gasteiger partial charge in [-0.2, -0.15) is 5.10 Å². The number of aromatic hydroxyl groups is 1. The molecule has 1 aromatic rings. The molecule has 0 radical (unpaired) electrons. The number of hydrogen-bond donors (Lipinski definition) is 3. The Morgan fingerprint density at radius 2 is 2.33 bits per heavy atom. The maximum atomic E-state index is 12.8. The molecule has 0 amide bonds. The van der Waals surface area contributed by atoms with E-state index in [9.17, 15) is 9.50 Å².